The van der Waals surface area contributed by atoms with Crippen LogP contribution in [0.5, 0.6) is 5.75 Å². The molecule has 0 radical (unpaired) electrons. The van der Waals surface area contributed by atoms with Crippen molar-refractivity contribution >= 4 is 50.7 Å². The lowest BCUT2D eigenvalue weighted by Gasteiger charge is -2.37. The predicted molar refractivity (Wildman–Crippen MR) is 140 cm³/mol. The number of hydrogen-bond donors (Lipinski definition) is 0. The summed E-state index contributed by atoms with van der Waals surface area (Å²) < 4.78 is 6.88. The fraction of sp³-hybridized carbons (Fsp3) is 0.308. The molecule has 1 aromatic heterocycles. The normalized spacial score (nSPS) is 15.2. The Morgan fingerprint density at radius 3 is 2.68 bits per heavy atom. The Bertz CT molecular complexity index is 1160. The van der Waals surface area contributed by atoms with Gasteiger partial charge >= 0.3 is 0 Å². The van der Waals surface area contributed by atoms with Gasteiger partial charge in [0.2, 0.25) is 5.91 Å². The smallest absolute Gasteiger partial charge is 0.254 e. The maximum absolute atomic E-state index is 13.6. The number of rotatable bonds is 7. The van der Waals surface area contributed by atoms with Crippen molar-refractivity contribution in [2.24, 2.45) is 0 Å². The maximum Gasteiger partial charge on any atom is 0.254 e. The molecule has 0 N–H and O–H groups in total. The molecule has 0 fully saturated rings. The Kier molecular flexibility index (Phi) is 7.96. The average molecular weight is 562 g/mol. The van der Waals surface area contributed by atoms with Crippen LogP contribution in [0.25, 0.3) is 0 Å². The summed E-state index contributed by atoms with van der Waals surface area (Å²) in [6.07, 6.45) is 0.803. The largest absolute Gasteiger partial charge is 0.491 e. The van der Waals surface area contributed by atoms with Crippen LogP contribution in [0.3, 0.4) is 0 Å². The minimum atomic E-state index is -0.215. The van der Waals surface area contributed by atoms with E-state index in [0.29, 0.717) is 29.5 Å². The van der Waals surface area contributed by atoms with E-state index in [2.05, 4.69) is 27.4 Å². The van der Waals surface area contributed by atoms with E-state index in [1.54, 1.807) is 40.5 Å². The summed E-state index contributed by atoms with van der Waals surface area (Å²) in [7, 11) is 0. The van der Waals surface area contributed by atoms with Gasteiger partial charge in [0.1, 0.15) is 18.9 Å². The summed E-state index contributed by atoms with van der Waals surface area (Å²) in [5, 5.41) is 2.70. The molecule has 2 aromatic carbocycles. The van der Waals surface area contributed by atoms with Crippen molar-refractivity contribution in [1.29, 1.82) is 0 Å². The monoisotopic (exact) mass is 560 g/mol. The molecule has 0 saturated heterocycles. The Balaban J connectivity index is 1.53. The van der Waals surface area contributed by atoms with Gasteiger partial charge in [-0.15, -0.1) is 11.3 Å². The molecular formula is C26H26BrClN2O3S. The first-order valence-corrected chi connectivity index (χ1v) is 13.2. The van der Waals surface area contributed by atoms with Crippen molar-refractivity contribution in [3.8, 4) is 5.75 Å². The van der Waals surface area contributed by atoms with E-state index in [0.717, 1.165) is 16.5 Å². The number of fused-ring (bicyclic) bond motifs is 1. The fourth-order valence-corrected chi connectivity index (χ4v) is 5.55. The molecule has 178 valence electrons. The molecule has 34 heavy (non-hydrogen) atoms. The highest BCUT2D eigenvalue weighted by molar-refractivity contribution is 9.10. The van der Waals surface area contributed by atoms with Gasteiger partial charge in [-0.1, -0.05) is 33.6 Å². The van der Waals surface area contributed by atoms with Crippen LogP contribution in [0.1, 0.15) is 40.7 Å². The van der Waals surface area contributed by atoms with Crippen molar-refractivity contribution < 1.29 is 14.3 Å². The summed E-state index contributed by atoms with van der Waals surface area (Å²) in [6.45, 7) is 4.80. The van der Waals surface area contributed by atoms with E-state index in [9.17, 15) is 9.59 Å². The topological polar surface area (TPSA) is 49.9 Å². The summed E-state index contributed by atoms with van der Waals surface area (Å²) in [5.74, 6) is 0.457. The highest BCUT2D eigenvalue weighted by Gasteiger charge is 2.34. The van der Waals surface area contributed by atoms with Gasteiger partial charge in [-0.2, -0.15) is 0 Å². The van der Waals surface area contributed by atoms with Crippen LogP contribution in [-0.4, -0.2) is 47.4 Å². The molecule has 2 heterocycles. The Morgan fingerprint density at radius 2 is 1.97 bits per heavy atom. The van der Waals surface area contributed by atoms with Gasteiger partial charge < -0.3 is 14.5 Å². The van der Waals surface area contributed by atoms with Crippen LogP contribution in [0.2, 0.25) is 5.02 Å². The number of hydrogen-bond acceptors (Lipinski definition) is 4. The van der Waals surface area contributed by atoms with Crippen molar-refractivity contribution in [3.63, 3.8) is 0 Å². The van der Waals surface area contributed by atoms with Gasteiger partial charge in [-0.3, -0.25) is 9.59 Å². The summed E-state index contributed by atoms with van der Waals surface area (Å²) >= 11 is 11.1. The third-order valence-electron chi connectivity index (χ3n) is 5.90. The first-order chi connectivity index (χ1) is 16.3. The SMILES string of the molecule is CC(C)N(CC(=O)N1CCc2sccc2[C@H]1COc1ccc(Cl)cc1)C(=O)c1cccc(Br)c1. The summed E-state index contributed by atoms with van der Waals surface area (Å²) in [4.78, 5) is 31.6. The zero-order valence-electron chi connectivity index (χ0n) is 19.0. The zero-order chi connectivity index (χ0) is 24.2. The first kappa shape index (κ1) is 24.8. The van der Waals surface area contributed by atoms with E-state index in [4.69, 9.17) is 16.3 Å². The van der Waals surface area contributed by atoms with Crippen molar-refractivity contribution in [2.75, 3.05) is 19.7 Å². The number of halogens is 2. The molecule has 0 aliphatic carbocycles. The van der Waals surface area contributed by atoms with Gasteiger partial charge in [0.25, 0.3) is 5.91 Å². The molecule has 0 saturated carbocycles. The molecule has 1 aliphatic heterocycles. The minimum absolute atomic E-state index is 0.0138. The Morgan fingerprint density at radius 1 is 1.21 bits per heavy atom. The summed E-state index contributed by atoms with van der Waals surface area (Å²) in [6, 6.07) is 16.2. The average Bonchev–Trinajstić information content (AvgIpc) is 3.30. The van der Waals surface area contributed by atoms with E-state index in [1.165, 1.54) is 4.88 Å². The third-order valence-corrected chi connectivity index (χ3v) is 7.64. The number of ether oxygens (including phenoxy) is 1. The highest BCUT2D eigenvalue weighted by atomic mass is 79.9. The number of thiophene rings is 1. The number of nitrogens with zero attached hydrogens (tertiary/aromatic N) is 2. The third kappa shape index (κ3) is 5.65. The number of benzene rings is 2. The van der Waals surface area contributed by atoms with E-state index < -0.39 is 0 Å². The van der Waals surface area contributed by atoms with Gasteiger partial charge in [0.15, 0.2) is 0 Å². The second kappa shape index (κ2) is 10.9. The second-order valence-electron chi connectivity index (χ2n) is 8.45. The quantitative estimate of drug-likeness (QED) is 0.344. The van der Waals surface area contributed by atoms with Crippen LogP contribution >= 0.6 is 38.9 Å². The van der Waals surface area contributed by atoms with E-state index in [1.807, 2.05) is 43.0 Å². The molecule has 1 atom stereocenters. The molecule has 0 bridgehead atoms. The molecule has 3 aromatic rings. The van der Waals surface area contributed by atoms with E-state index in [-0.39, 0.29) is 30.4 Å². The van der Waals surface area contributed by atoms with Crippen LogP contribution in [-0.2, 0) is 11.2 Å². The van der Waals surface area contributed by atoms with Crippen molar-refractivity contribution in [1.82, 2.24) is 9.80 Å². The number of carbonyl (C=O) groups is 2. The van der Waals surface area contributed by atoms with E-state index >= 15 is 0 Å². The molecule has 0 spiro atoms. The Hall–Kier alpha value is -2.35. The van der Waals surface area contributed by atoms with Crippen LogP contribution < -0.4 is 4.74 Å². The number of amides is 2. The first-order valence-electron chi connectivity index (χ1n) is 11.1. The van der Waals surface area contributed by atoms with Gasteiger partial charge in [-0.05, 0) is 79.7 Å². The standard InChI is InChI=1S/C26H26BrClN2O3S/c1-17(2)30(26(32)18-4-3-5-19(27)14-18)15-25(31)29-12-10-24-22(11-13-34-24)23(29)16-33-21-8-6-20(28)7-9-21/h3-9,11,13-14,17,23H,10,12,15-16H2,1-2H3/t23-/m1/s1. The maximum atomic E-state index is 13.6. The lowest BCUT2D eigenvalue weighted by atomic mass is 10.00. The lowest BCUT2D eigenvalue weighted by Crippen LogP contribution is -2.49. The molecule has 4 rings (SSSR count). The molecule has 5 nitrogen and oxygen atoms in total. The van der Waals surface area contributed by atoms with Crippen LogP contribution in [0.15, 0.2) is 64.5 Å². The summed E-state index contributed by atoms with van der Waals surface area (Å²) in [5.41, 5.74) is 1.67. The minimum Gasteiger partial charge on any atom is -0.491 e. The molecule has 1 aliphatic rings. The van der Waals surface area contributed by atoms with Crippen LogP contribution in [0.4, 0.5) is 0 Å². The van der Waals surface area contributed by atoms with Crippen LogP contribution in [0, 0.1) is 0 Å². The molecule has 2 amide bonds. The Labute approximate surface area is 217 Å². The van der Waals surface area contributed by atoms with Gasteiger partial charge in [-0.25, -0.2) is 0 Å². The predicted octanol–water partition coefficient (Wildman–Crippen LogP) is 6.22. The molecular weight excluding hydrogens is 536 g/mol. The van der Waals surface area contributed by atoms with Crippen molar-refractivity contribution in [3.05, 3.63) is 85.5 Å². The highest BCUT2D eigenvalue weighted by Crippen LogP contribution is 2.34. The number of carbonyl (C=O) groups excluding carboxylic acids is 2. The fourth-order valence-electron chi connectivity index (χ4n) is 4.09. The molecule has 8 heteroatoms. The zero-order valence-corrected chi connectivity index (χ0v) is 22.2. The lowest BCUT2D eigenvalue weighted by molar-refractivity contribution is -0.136. The van der Waals surface area contributed by atoms with Gasteiger partial charge in [0.05, 0.1) is 6.04 Å². The second-order valence-corrected chi connectivity index (χ2v) is 10.8. The molecule has 0 unspecified atom stereocenters. The van der Waals surface area contributed by atoms with Crippen molar-refractivity contribution in [2.45, 2.75) is 32.4 Å². The van der Waals surface area contributed by atoms with Gasteiger partial charge in [0, 0.05) is 32.5 Å².